The lowest BCUT2D eigenvalue weighted by Crippen LogP contribution is -2.43. The van der Waals surface area contributed by atoms with Crippen LogP contribution in [0.3, 0.4) is 0 Å². The maximum absolute atomic E-state index is 12.8. The van der Waals surface area contributed by atoms with Crippen LogP contribution >= 0.6 is 0 Å². The minimum atomic E-state index is -0.0623. The number of aryl methyl sites for hydroxylation is 2. The normalized spacial score (nSPS) is 17.1. The molecule has 1 fully saturated rings. The Hall–Kier alpha value is -2.96. The Kier molecular flexibility index (Phi) is 5.23. The summed E-state index contributed by atoms with van der Waals surface area (Å²) in [7, 11) is 0. The van der Waals surface area contributed by atoms with Crippen molar-refractivity contribution in [3.8, 4) is 0 Å². The van der Waals surface area contributed by atoms with Crippen LogP contribution in [0.4, 0.5) is 5.82 Å². The first kappa shape index (κ1) is 18.4. The Labute approximate surface area is 164 Å². The van der Waals surface area contributed by atoms with Gasteiger partial charge in [-0.3, -0.25) is 4.79 Å². The number of rotatable bonds is 5. The van der Waals surface area contributed by atoms with Crippen molar-refractivity contribution in [2.24, 2.45) is 5.92 Å². The number of hydrogen-bond donors (Lipinski definition) is 1. The molecule has 0 aliphatic carbocycles. The second-order valence-corrected chi connectivity index (χ2v) is 7.29. The molecule has 7 heteroatoms. The molecule has 1 aromatic carbocycles. The first-order valence-corrected chi connectivity index (χ1v) is 9.83. The van der Waals surface area contributed by atoms with Crippen molar-refractivity contribution >= 4 is 22.8 Å². The van der Waals surface area contributed by atoms with E-state index in [1.807, 2.05) is 19.1 Å². The number of hydrogen-bond acceptors (Lipinski definition) is 6. The van der Waals surface area contributed by atoms with Crippen LogP contribution < -0.4 is 10.2 Å². The van der Waals surface area contributed by atoms with Crippen LogP contribution in [0.25, 0.3) is 11.1 Å². The van der Waals surface area contributed by atoms with Crippen LogP contribution in [0.15, 0.2) is 35.1 Å². The summed E-state index contributed by atoms with van der Waals surface area (Å²) in [6.07, 6.45) is 4.08. The third kappa shape index (κ3) is 3.56. The third-order valence-electron chi connectivity index (χ3n) is 5.46. The number of carbonyl (C=O) groups excluding carboxylic acids is 1. The van der Waals surface area contributed by atoms with Gasteiger partial charge in [-0.15, -0.1) is 0 Å². The van der Waals surface area contributed by atoms with Crippen LogP contribution in [0.5, 0.6) is 0 Å². The van der Waals surface area contributed by atoms with Crippen molar-refractivity contribution in [1.29, 1.82) is 0 Å². The Morgan fingerprint density at radius 3 is 3.00 bits per heavy atom. The first-order valence-electron chi connectivity index (χ1n) is 9.83. The molecule has 0 radical (unpaired) electrons. The van der Waals surface area contributed by atoms with Gasteiger partial charge in [0.25, 0.3) is 5.71 Å². The molecule has 7 nitrogen and oxygen atoms in total. The fourth-order valence-electron chi connectivity index (χ4n) is 3.83. The predicted molar refractivity (Wildman–Crippen MR) is 107 cm³/mol. The summed E-state index contributed by atoms with van der Waals surface area (Å²) < 4.78 is 5.34. The Morgan fingerprint density at radius 2 is 2.18 bits per heavy atom. The van der Waals surface area contributed by atoms with E-state index in [1.165, 1.54) is 11.9 Å². The molecule has 1 aliphatic rings. The minimum Gasteiger partial charge on any atom is -0.355 e. The molecule has 1 atom stereocenters. The lowest BCUT2D eigenvalue weighted by Gasteiger charge is -2.33. The number of amides is 1. The Morgan fingerprint density at radius 1 is 1.32 bits per heavy atom. The fourth-order valence-corrected chi connectivity index (χ4v) is 3.83. The maximum Gasteiger partial charge on any atom is 0.263 e. The lowest BCUT2D eigenvalue weighted by molar-refractivity contribution is -0.125. The zero-order valence-corrected chi connectivity index (χ0v) is 16.3. The third-order valence-corrected chi connectivity index (χ3v) is 5.46. The smallest absolute Gasteiger partial charge is 0.263 e. The van der Waals surface area contributed by atoms with Crippen LogP contribution in [-0.4, -0.2) is 34.1 Å². The van der Waals surface area contributed by atoms with Gasteiger partial charge in [0.15, 0.2) is 0 Å². The van der Waals surface area contributed by atoms with Crippen LogP contribution in [-0.2, 0) is 17.8 Å². The summed E-state index contributed by atoms with van der Waals surface area (Å²) in [6, 6.07) is 8.13. The molecule has 146 valence electrons. The van der Waals surface area contributed by atoms with E-state index in [1.54, 1.807) is 0 Å². The van der Waals surface area contributed by atoms with E-state index < -0.39 is 0 Å². The summed E-state index contributed by atoms with van der Waals surface area (Å²) in [5, 5.41) is 8.08. The predicted octanol–water partition coefficient (Wildman–Crippen LogP) is 3.02. The molecule has 0 saturated carbocycles. The maximum atomic E-state index is 12.8. The second-order valence-electron chi connectivity index (χ2n) is 7.29. The van der Waals surface area contributed by atoms with Crippen molar-refractivity contribution < 1.29 is 9.32 Å². The largest absolute Gasteiger partial charge is 0.355 e. The monoisotopic (exact) mass is 379 g/mol. The zero-order chi connectivity index (χ0) is 19.5. The number of piperidine rings is 1. The van der Waals surface area contributed by atoms with Gasteiger partial charge in [0.05, 0.1) is 11.6 Å². The van der Waals surface area contributed by atoms with E-state index in [-0.39, 0.29) is 11.8 Å². The molecule has 0 spiro atoms. The van der Waals surface area contributed by atoms with E-state index in [2.05, 4.69) is 44.4 Å². The van der Waals surface area contributed by atoms with Crippen LogP contribution in [0.2, 0.25) is 0 Å². The fraction of sp³-hybridized carbons (Fsp3) is 0.429. The molecule has 2 aromatic heterocycles. The van der Waals surface area contributed by atoms with E-state index in [9.17, 15) is 4.79 Å². The van der Waals surface area contributed by atoms with Crippen LogP contribution in [0.1, 0.15) is 36.6 Å². The number of aromatic nitrogens is 3. The van der Waals surface area contributed by atoms with Gasteiger partial charge in [0.2, 0.25) is 5.91 Å². The van der Waals surface area contributed by atoms with Gasteiger partial charge in [0.1, 0.15) is 17.5 Å². The van der Waals surface area contributed by atoms with Gasteiger partial charge >= 0.3 is 0 Å². The molecule has 3 aromatic rings. The van der Waals surface area contributed by atoms with Crippen molar-refractivity contribution in [2.75, 3.05) is 18.0 Å². The number of benzene rings is 1. The topological polar surface area (TPSA) is 84.2 Å². The number of anilines is 1. The van der Waals surface area contributed by atoms with E-state index in [0.29, 0.717) is 18.8 Å². The van der Waals surface area contributed by atoms with Crippen molar-refractivity contribution in [2.45, 2.75) is 39.7 Å². The average molecular weight is 379 g/mol. The summed E-state index contributed by atoms with van der Waals surface area (Å²) in [5.41, 5.74) is 3.71. The quantitative estimate of drug-likeness (QED) is 0.734. The number of carbonyl (C=O) groups is 1. The summed E-state index contributed by atoms with van der Waals surface area (Å²) in [6.45, 7) is 6.16. The number of fused-ring (bicyclic) bond motifs is 1. The number of nitrogens with one attached hydrogen (secondary N) is 1. The van der Waals surface area contributed by atoms with Crippen molar-refractivity contribution in [3.63, 3.8) is 0 Å². The molecule has 4 rings (SSSR count). The standard InChI is InChI=1S/C21H25N5O2/c1-3-17-18-19(23-13-24-21(18)28-25-17)26-10-6-9-16(12-26)20(27)22-11-15-8-5-4-7-14(15)2/h4-5,7-8,13,16H,3,6,9-12H2,1-2H3,(H,22,27)/t16-/m1/s1. The first-order chi connectivity index (χ1) is 13.7. The van der Waals surface area contributed by atoms with Gasteiger partial charge < -0.3 is 14.7 Å². The summed E-state index contributed by atoms with van der Waals surface area (Å²) >= 11 is 0. The van der Waals surface area contributed by atoms with Crippen LogP contribution in [0, 0.1) is 12.8 Å². The molecular weight excluding hydrogens is 354 g/mol. The summed E-state index contributed by atoms with van der Waals surface area (Å²) in [4.78, 5) is 23.6. The number of nitrogens with zero attached hydrogens (tertiary/aromatic N) is 4. The van der Waals surface area contributed by atoms with E-state index in [4.69, 9.17) is 4.52 Å². The molecule has 1 saturated heterocycles. The Balaban J connectivity index is 1.48. The lowest BCUT2D eigenvalue weighted by atomic mass is 9.96. The average Bonchev–Trinajstić information content (AvgIpc) is 3.16. The van der Waals surface area contributed by atoms with Crippen molar-refractivity contribution in [1.82, 2.24) is 20.4 Å². The molecule has 0 unspecified atom stereocenters. The highest BCUT2D eigenvalue weighted by Crippen LogP contribution is 2.30. The SMILES string of the molecule is CCc1noc2ncnc(N3CCC[C@@H](C(=O)NCc4ccccc4C)C3)c12. The highest BCUT2D eigenvalue weighted by Gasteiger charge is 2.28. The van der Waals surface area contributed by atoms with Gasteiger partial charge in [-0.2, -0.15) is 4.98 Å². The molecule has 1 N–H and O–H groups in total. The molecule has 3 heterocycles. The van der Waals surface area contributed by atoms with Gasteiger partial charge in [-0.1, -0.05) is 36.3 Å². The minimum absolute atomic E-state index is 0.0623. The molecule has 28 heavy (non-hydrogen) atoms. The molecule has 1 aliphatic heterocycles. The molecule has 0 bridgehead atoms. The van der Waals surface area contributed by atoms with Gasteiger partial charge in [-0.25, -0.2) is 4.98 Å². The molecule has 1 amide bonds. The molecular formula is C21H25N5O2. The Bertz CT molecular complexity index is 984. The van der Waals surface area contributed by atoms with Crippen molar-refractivity contribution in [3.05, 3.63) is 47.4 Å². The highest BCUT2D eigenvalue weighted by atomic mass is 16.5. The summed E-state index contributed by atoms with van der Waals surface area (Å²) in [5.74, 6) is 0.853. The van der Waals surface area contributed by atoms with E-state index in [0.717, 1.165) is 48.3 Å². The zero-order valence-electron chi connectivity index (χ0n) is 16.3. The highest BCUT2D eigenvalue weighted by molar-refractivity contribution is 5.88. The van der Waals surface area contributed by atoms with Gasteiger partial charge in [-0.05, 0) is 37.3 Å². The second kappa shape index (κ2) is 7.96. The van der Waals surface area contributed by atoms with Gasteiger partial charge in [0, 0.05) is 19.6 Å². The van der Waals surface area contributed by atoms with E-state index >= 15 is 0 Å².